The average molecular weight is 248 g/mol. The summed E-state index contributed by atoms with van der Waals surface area (Å²) in [7, 11) is 0. The highest BCUT2D eigenvalue weighted by Gasteiger charge is 2.18. The lowest BCUT2D eigenvalue weighted by Gasteiger charge is -2.05. The van der Waals surface area contributed by atoms with Gasteiger partial charge < -0.3 is 10.3 Å². The van der Waals surface area contributed by atoms with Crippen molar-refractivity contribution in [1.82, 2.24) is 5.16 Å². The lowest BCUT2D eigenvalue weighted by atomic mass is 10.00. The zero-order chi connectivity index (χ0) is 13.1. The molecule has 0 bridgehead atoms. The normalized spacial score (nSPS) is 11.1. The third-order valence-corrected chi connectivity index (χ3v) is 2.88. The summed E-state index contributed by atoms with van der Waals surface area (Å²) in [4.78, 5) is 0. The van der Waals surface area contributed by atoms with Crippen LogP contribution < -0.4 is 5.73 Å². The molecule has 3 nitrogen and oxygen atoms in total. The van der Waals surface area contributed by atoms with E-state index in [4.69, 9.17) is 10.3 Å². The highest BCUT2D eigenvalue weighted by molar-refractivity contribution is 5.75. The maximum Gasteiger partial charge on any atom is 0.175 e. The van der Waals surface area contributed by atoms with Gasteiger partial charge in [-0.1, -0.05) is 37.2 Å². The van der Waals surface area contributed by atoms with Crippen LogP contribution in [0.4, 0.5) is 10.2 Å². The van der Waals surface area contributed by atoms with Crippen molar-refractivity contribution in [3.8, 4) is 11.1 Å². The van der Waals surface area contributed by atoms with Crippen molar-refractivity contribution in [2.75, 3.05) is 5.73 Å². The molecule has 0 fully saturated rings. The van der Waals surface area contributed by atoms with Gasteiger partial charge in [-0.2, -0.15) is 0 Å². The number of aryl methyl sites for hydroxylation is 1. The molecule has 0 unspecified atom stereocenters. The Kier molecular flexibility index (Phi) is 3.65. The number of rotatable bonds is 4. The molecular formula is C14H17FN2O. The van der Waals surface area contributed by atoms with Crippen LogP contribution in [-0.2, 0) is 6.42 Å². The van der Waals surface area contributed by atoms with Crippen LogP contribution in [0.2, 0.25) is 0 Å². The first-order valence-electron chi connectivity index (χ1n) is 6.08. The fourth-order valence-corrected chi connectivity index (χ4v) is 1.88. The van der Waals surface area contributed by atoms with Gasteiger partial charge in [-0.05, 0) is 18.4 Å². The highest BCUT2D eigenvalue weighted by Crippen LogP contribution is 2.32. The van der Waals surface area contributed by atoms with E-state index in [1.807, 2.05) is 0 Å². The number of nitrogen functional groups attached to an aromatic ring is 1. The van der Waals surface area contributed by atoms with E-state index in [9.17, 15) is 4.39 Å². The molecule has 2 N–H and O–H groups in total. The van der Waals surface area contributed by atoms with E-state index in [1.165, 1.54) is 6.07 Å². The van der Waals surface area contributed by atoms with Gasteiger partial charge in [-0.3, -0.25) is 0 Å². The smallest absolute Gasteiger partial charge is 0.175 e. The number of hydrogen-bond acceptors (Lipinski definition) is 3. The summed E-state index contributed by atoms with van der Waals surface area (Å²) < 4.78 is 19.0. The average Bonchev–Trinajstić information content (AvgIpc) is 2.69. The molecule has 2 rings (SSSR count). The Morgan fingerprint density at radius 2 is 2.06 bits per heavy atom. The predicted molar refractivity (Wildman–Crippen MR) is 69.5 cm³/mol. The molecule has 0 radical (unpaired) electrons. The second-order valence-electron chi connectivity index (χ2n) is 4.78. The van der Waals surface area contributed by atoms with Crippen LogP contribution in [0.15, 0.2) is 28.8 Å². The lowest BCUT2D eigenvalue weighted by Crippen LogP contribution is -1.95. The van der Waals surface area contributed by atoms with E-state index in [2.05, 4.69) is 19.0 Å². The molecule has 1 aromatic heterocycles. The fourth-order valence-electron chi connectivity index (χ4n) is 1.88. The Morgan fingerprint density at radius 1 is 1.33 bits per heavy atom. The van der Waals surface area contributed by atoms with E-state index in [1.54, 1.807) is 18.2 Å². The monoisotopic (exact) mass is 248 g/mol. The van der Waals surface area contributed by atoms with Crippen molar-refractivity contribution in [3.05, 3.63) is 35.8 Å². The van der Waals surface area contributed by atoms with Gasteiger partial charge in [0.1, 0.15) is 11.6 Å². The second kappa shape index (κ2) is 5.21. The number of halogens is 1. The molecule has 0 aliphatic rings. The first kappa shape index (κ1) is 12.6. The summed E-state index contributed by atoms with van der Waals surface area (Å²) in [6.07, 6.45) is 1.67. The zero-order valence-electron chi connectivity index (χ0n) is 10.6. The van der Waals surface area contributed by atoms with Gasteiger partial charge in [-0.25, -0.2) is 4.39 Å². The van der Waals surface area contributed by atoms with Gasteiger partial charge in [0.25, 0.3) is 0 Å². The van der Waals surface area contributed by atoms with Crippen LogP contribution in [-0.4, -0.2) is 5.16 Å². The summed E-state index contributed by atoms with van der Waals surface area (Å²) >= 11 is 0. The zero-order valence-corrected chi connectivity index (χ0v) is 10.6. The summed E-state index contributed by atoms with van der Waals surface area (Å²) in [6.45, 7) is 4.25. The van der Waals surface area contributed by atoms with Crippen LogP contribution in [0.5, 0.6) is 0 Å². The Balaban J connectivity index is 2.38. The number of nitrogens with zero attached hydrogens (tertiary/aromatic N) is 1. The van der Waals surface area contributed by atoms with Gasteiger partial charge >= 0.3 is 0 Å². The Morgan fingerprint density at radius 3 is 2.72 bits per heavy atom. The number of aromatic nitrogens is 1. The molecule has 0 aliphatic carbocycles. The SMILES string of the molecule is CC(C)CCc1onc(N)c1-c1ccccc1F. The van der Waals surface area contributed by atoms with Crippen molar-refractivity contribution < 1.29 is 8.91 Å². The molecule has 0 amide bonds. The standard InChI is InChI=1S/C14H17FN2O/c1-9(2)7-8-12-13(14(16)17-18-12)10-5-3-4-6-11(10)15/h3-6,9H,7-8H2,1-2H3,(H2,16,17). The number of hydrogen-bond donors (Lipinski definition) is 1. The maximum absolute atomic E-state index is 13.8. The van der Waals surface area contributed by atoms with E-state index < -0.39 is 0 Å². The van der Waals surface area contributed by atoms with E-state index in [-0.39, 0.29) is 11.6 Å². The molecule has 1 heterocycles. The molecule has 0 saturated carbocycles. The molecule has 0 saturated heterocycles. The maximum atomic E-state index is 13.8. The molecule has 4 heteroatoms. The third kappa shape index (κ3) is 2.53. The van der Waals surface area contributed by atoms with E-state index >= 15 is 0 Å². The van der Waals surface area contributed by atoms with Crippen molar-refractivity contribution in [1.29, 1.82) is 0 Å². The molecular weight excluding hydrogens is 231 g/mol. The quantitative estimate of drug-likeness (QED) is 0.898. The molecule has 2 aromatic rings. The van der Waals surface area contributed by atoms with Crippen molar-refractivity contribution in [2.45, 2.75) is 26.7 Å². The summed E-state index contributed by atoms with van der Waals surface area (Å²) in [5.41, 5.74) is 6.82. The van der Waals surface area contributed by atoms with Crippen LogP contribution in [0, 0.1) is 11.7 Å². The predicted octanol–water partition coefficient (Wildman–Crippen LogP) is 3.65. The van der Waals surface area contributed by atoms with Gasteiger partial charge in [0.05, 0.1) is 5.56 Å². The van der Waals surface area contributed by atoms with Gasteiger partial charge in [-0.15, -0.1) is 0 Å². The Hall–Kier alpha value is -1.84. The number of nitrogens with two attached hydrogens (primary N) is 1. The first-order chi connectivity index (χ1) is 8.59. The molecule has 0 spiro atoms. The summed E-state index contributed by atoms with van der Waals surface area (Å²) in [6, 6.07) is 6.53. The number of benzene rings is 1. The van der Waals surface area contributed by atoms with Crippen LogP contribution in [0.3, 0.4) is 0 Å². The molecule has 0 aliphatic heterocycles. The minimum absolute atomic E-state index is 0.249. The Bertz CT molecular complexity index is 534. The first-order valence-corrected chi connectivity index (χ1v) is 6.08. The van der Waals surface area contributed by atoms with Crippen molar-refractivity contribution >= 4 is 5.82 Å². The van der Waals surface area contributed by atoms with E-state index in [0.29, 0.717) is 29.2 Å². The minimum Gasteiger partial charge on any atom is -0.380 e. The second-order valence-corrected chi connectivity index (χ2v) is 4.78. The summed E-state index contributed by atoms with van der Waals surface area (Å²) in [5, 5.41) is 3.75. The van der Waals surface area contributed by atoms with Crippen molar-refractivity contribution in [3.63, 3.8) is 0 Å². The highest BCUT2D eigenvalue weighted by atomic mass is 19.1. The topological polar surface area (TPSA) is 52.0 Å². The molecule has 96 valence electrons. The summed E-state index contributed by atoms with van der Waals surface area (Å²) in [5.74, 6) is 1.15. The fraction of sp³-hybridized carbons (Fsp3) is 0.357. The Labute approximate surface area is 106 Å². The van der Waals surface area contributed by atoms with E-state index in [0.717, 1.165) is 6.42 Å². The van der Waals surface area contributed by atoms with Crippen molar-refractivity contribution in [2.24, 2.45) is 5.92 Å². The molecule has 0 atom stereocenters. The van der Waals surface area contributed by atoms with Crippen LogP contribution in [0.1, 0.15) is 26.0 Å². The van der Waals surface area contributed by atoms with Gasteiger partial charge in [0, 0.05) is 12.0 Å². The minimum atomic E-state index is -0.307. The van der Waals surface area contributed by atoms with Gasteiger partial charge in [0.2, 0.25) is 0 Å². The molecule has 18 heavy (non-hydrogen) atoms. The number of anilines is 1. The van der Waals surface area contributed by atoms with Crippen LogP contribution >= 0.6 is 0 Å². The molecule has 1 aromatic carbocycles. The van der Waals surface area contributed by atoms with Gasteiger partial charge in [0.15, 0.2) is 5.82 Å². The lowest BCUT2D eigenvalue weighted by molar-refractivity contribution is 0.376. The third-order valence-electron chi connectivity index (χ3n) is 2.88. The largest absolute Gasteiger partial charge is 0.380 e. The van der Waals surface area contributed by atoms with Crippen LogP contribution in [0.25, 0.3) is 11.1 Å².